The third kappa shape index (κ3) is 5.55. The Morgan fingerprint density at radius 1 is 1.15 bits per heavy atom. The number of aliphatic hydroxyl groups excluding tert-OH is 1. The van der Waals surface area contributed by atoms with Crippen LogP contribution in [0, 0.1) is 5.92 Å². The minimum Gasteiger partial charge on any atom is -0.406 e. The zero-order chi connectivity index (χ0) is 19.4. The molecule has 1 aromatic rings. The Labute approximate surface area is 161 Å². The maximum Gasteiger partial charge on any atom is 0.193 e. The molecule has 0 radical (unpaired) electrons. The van der Waals surface area contributed by atoms with Crippen molar-refractivity contribution < 1.29 is 9.53 Å². The summed E-state index contributed by atoms with van der Waals surface area (Å²) >= 11 is 0. The molecule has 0 aromatic heterocycles. The molecule has 0 unspecified atom stereocenters. The van der Waals surface area contributed by atoms with Gasteiger partial charge in [-0.3, -0.25) is 0 Å². The van der Waals surface area contributed by atoms with Crippen LogP contribution < -0.4 is 0 Å². The van der Waals surface area contributed by atoms with Gasteiger partial charge in [0.1, 0.15) is 0 Å². The maximum absolute atomic E-state index is 10.8. The molecule has 26 heavy (non-hydrogen) atoms. The van der Waals surface area contributed by atoms with Crippen molar-refractivity contribution in [3.05, 3.63) is 48.0 Å². The smallest absolute Gasteiger partial charge is 0.193 e. The molecular weight excluding hydrogens is 336 g/mol. The lowest BCUT2D eigenvalue weighted by atomic mass is 9.82. The highest BCUT2D eigenvalue weighted by Crippen LogP contribution is 2.42. The van der Waals surface area contributed by atoms with E-state index in [1.807, 2.05) is 6.07 Å². The molecule has 0 heterocycles. The fraction of sp³-hybridized carbons (Fsp3) is 0.652. The van der Waals surface area contributed by atoms with Gasteiger partial charge in [0, 0.05) is 0 Å². The Bertz CT molecular complexity index is 568. The van der Waals surface area contributed by atoms with Gasteiger partial charge >= 0.3 is 0 Å². The summed E-state index contributed by atoms with van der Waals surface area (Å²) in [6.07, 6.45) is 6.31. The molecular formula is C23H38O2Si. The summed E-state index contributed by atoms with van der Waals surface area (Å²) in [6.45, 7) is 15.7. The topological polar surface area (TPSA) is 29.5 Å². The monoisotopic (exact) mass is 374 g/mol. The number of aliphatic hydroxyl groups is 1. The standard InChI is InChI=1S/C23H38O2Si/c1-18(17-21(24)19-13-9-7-10-14-19)22(20-15-11-8-12-16-20)25-26(5,6)23(2,3)4/h8,11-12,15-16,19,21-22,24H,1,7,9-10,13-14,17H2,2-6H3/t21-,22-/m0/s1. The van der Waals surface area contributed by atoms with Gasteiger partial charge in [-0.1, -0.05) is 76.9 Å². The predicted octanol–water partition coefficient (Wildman–Crippen LogP) is 6.64. The Hall–Kier alpha value is -0.903. The van der Waals surface area contributed by atoms with E-state index in [0.29, 0.717) is 12.3 Å². The molecule has 0 amide bonds. The van der Waals surface area contributed by atoms with E-state index in [9.17, 15) is 5.11 Å². The predicted molar refractivity (Wildman–Crippen MR) is 114 cm³/mol. The van der Waals surface area contributed by atoms with Crippen molar-refractivity contribution in [2.75, 3.05) is 0 Å². The Kier molecular flexibility index (Phi) is 7.29. The summed E-state index contributed by atoms with van der Waals surface area (Å²) < 4.78 is 6.77. The zero-order valence-corrected chi connectivity index (χ0v) is 18.4. The highest BCUT2D eigenvalue weighted by molar-refractivity contribution is 6.74. The minimum absolute atomic E-state index is 0.129. The van der Waals surface area contributed by atoms with Crippen molar-refractivity contribution in [3.8, 4) is 0 Å². The van der Waals surface area contributed by atoms with Crippen LogP contribution in [-0.4, -0.2) is 19.5 Å². The molecule has 2 nitrogen and oxygen atoms in total. The van der Waals surface area contributed by atoms with E-state index in [0.717, 1.165) is 24.0 Å². The van der Waals surface area contributed by atoms with Crippen LogP contribution in [0.3, 0.4) is 0 Å². The van der Waals surface area contributed by atoms with E-state index in [4.69, 9.17) is 4.43 Å². The van der Waals surface area contributed by atoms with Gasteiger partial charge in [0.15, 0.2) is 8.32 Å². The van der Waals surface area contributed by atoms with Crippen LogP contribution in [0.1, 0.15) is 71.0 Å². The van der Waals surface area contributed by atoms with Crippen LogP contribution in [0.15, 0.2) is 42.5 Å². The molecule has 1 N–H and O–H groups in total. The van der Waals surface area contributed by atoms with Gasteiger partial charge in [-0.05, 0) is 54.4 Å². The summed E-state index contributed by atoms with van der Waals surface area (Å²) in [5.41, 5.74) is 2.16. The number of rotatable bonds is 7. The van der Waals surface area contributed by atoms with E-state index in [2.05, 4.69) is 64.7 Å². The molecule has 1 fully saturated rings. The second-order valence-electron chi connectivity index (χ2n) is 9.50. The average molecular weight is 375 g/mol. The summed E-state index contributed by atoms with van der Waals surface area (Å²) in [5, 5.41) is 10.9. The van der Waals surface area contributed by atoms with E-state index >= 15 is 0 Å². The lowest BCUT2D eigenvalue weighted by Crippen LogP contribution is -2.42. The van der Waals surface area contributed by atoms with Crippen LogP contribution in [0.4, 0.5) is 0 Å². The number of benzene rings is 1. The average Bonchev–Trinajstić information content (AvgIpc) is 2.60. The highest BCUT2D eigenvalue weighted by Gasteiger charge is 2.40. The lowest BCUT2D eigenvalue weighted by Gasteiger charge is -2.40. The third-order valence-electron chi connectivity index (χ3n) is 6.36. The van der Waals surface area contributed by atoms with Crippen molar-refractivity contribution in [1.82, 2.24) is 0 Å². The normalized spacial score (nSPS) is 19.2. The van der Waals surface area contributed by atoms with Gasteiger partial charge in [0.05, 0.1) is 12.2 Å². The first-order valence-corrected chi connectivity index (χ1v) is 13.1. The van der Waals surface area contributed by atoms with Crippen molar-refractivity contribution in [3.63, 3.8) is 0 Å². The first-order valence-electron chi connectivity index (χ1n) is 10.2. The van der Waals surface area contributed by atoms with Gasteiger partial charge in [0.2, 0.25) is 0 Å². The van der Waals surface area contributed by atoms with Crippen LogP contribution in [0.25, 0.3) is 0 Å². The van der Waals surface area contributed by atoms with E-state index in [1.165, 1.54) is 19.3 Å². The Morgan fingerprint density at radius 3 is 2.27 bits per heavy atom. The molecule has 1 aliphatic rings. The maximum atomic E-state index is 10.8. The van der Waals surface area contributed by atoms with Crippen LogP contribution in [0.2, 0.25) is 18.1 Å². The van der Waals surface area contributed by atoms with Crippen molar-refractivity contribution in [1.29, 1.82) is 0 Å². The summed E-state index contributed by atoms with van der Waals surface area (Å²) in [5.74, 6) is 0.421. The molecule has 2 atom stereocenters. The van der Waals surface area contributed by atoms with Gasteiger partial charge in [0.25, 0.3) is 0 Å². The molecule has 0 bridgehead atoms. The highest BCUT2D eigenvalue weighted by atomic mass is 28.4. The number of hydrogen-bond donors (Lipinski definition) is 1. The lowest BCUT2D eigenvalue weighted by molar-refractivity contribution is 0.0783. The van der Waals surface area contributed by atoms with Gasteiger partial charge in [-0.2, -0.15) is 0 Å². The third-order valence-corrected chi connectivity index (χ3v) is 10.8. The van der Waals surface area contributed by atoms with Crippen molar-refractivity contribution >= 4 is 8.32 Å². The summed E-state index contributed by atoms with van der Waals surface area (Å²) in [6, 6.07) is 10.4. The fourth-order valence-corrected chi connectivity index (χ4v) is 4.79. The van der Waals surface area contributed by atoms with Crippen molar-refractivity contribution in [2.24, 2.45) is 5.92 Å². The Balaban J connectivity index is 2.16. The second kappa shape index (κ2) is 8.86. The Morgan fingerprint density at radius 2 is 1.73 bits per heavy atom. The molecule has 0 spiro atoms. The van der Waals surface area contributed by atoms with Gasteiger partial charge in [-0.25, -0.2) is 0 Å². The minimum atomic E-state index is -1.95. The number of hydrogen-bond acceptors (Lipinski definition) is 2. The van der Waals surface area contributed by atoms with E-state index in [-0.39, 0.29) is 17.2 Å². The molecule has 3 heteroatoms. The quantitative estimate of drug-likeness (QED) is 0.428. The summed E-state index contributed by atoms with van der Waals surface area (Å²) in [4.78, 5) is 0. The molecule has 1 aromatic carbocycles. The van der Waals surface area contributed by atoms with Gasteiger partial charge in [-0.15, -0.1) is 0 Å². The summed E-state index contributed by atoms with van der Waals surface area (Å²) in [7, 11) is -1.95. The first-order chi connectivity index (χ1) is 12.1. The largest absolute Gasteiger partial charge is 0.406 e. The fourth-order valence-electron chi connectivity index (χ4n) is 3.55. The van der Waals surface area contributed by atoms with Crippen LogP contribution in [-0.2, 0) is 4.43 Å². The molecule has 2 rings (SSSR count). The molecule has 1 saturated carbocycles. The molecule has 146 valence electrons. The van der Waals surface area contributed by atoms with E-state index in [1.54, 1.807) is 0 Å². The van der Waals surface area contributed by atoms with Gasteiger partial charge < -0.3 is 9.53 Å². The van der Waals surface area contributed by atoms with E-state index < -0.39 is 8.32 Å². The zero-order valence-electron chi connectivity index (χ0n) is 17.4. The molecule has 0 saturated heterocycles. The molecule has 0 aliphatic heterocycles. The van der Waals surface area contributed by atoms with Crippen molar-refractivity contribution in [2.45, 2.75) is 89.6 Å². The second-order valence-corrected chi connectivity index (χ2v) is 14.3. The van der Waals surface area contributed by atoms with Crippen LogP contribution >= 0.6 is 0 Å². The molecule has 1 aliphatic carbocycles. The SMILES string of the molecule is C=C(C[C@H](O)C1CCCCC1)[C@H](O[Si](C)(C)C(C)(C)C)c1ccccc1. The first kappa shape index (κ1) is 21.4. The van der Waals surface area contributed by atoms with Crippen LogP contribution in [0.5, 0.6) is 0 Å².